The van der Waals surface area contributed by atoms with Gasteiger partial charge >= 0.3 is 5.97 Å². The molecule has 0 bridgehead atoms. The second-order valence-electron chi connectivity index (χ2n) is 5.55. The lowest BCUT2D eigenvalue weighted by Crippen LogP contribution is -2.40. The van der Waals surface area contributed by atoms with Gasteiger partial charge in [-0.15, -0.1) is 0 Å². The largest absolute Gasteiger partial charge is 0.452 e. The van der Waals surface area contributed by atoms with Gasteiger partial charge in [0, 0.05) is 24.2 Å². The summed E-state index contributed by atoms with van der Waals surface area (Å²) >= 11 is 5.76. The van der Waals surface area contributed by atoms with Gasteiger partial charge in [0.25, 0.3) is 5.91 Å². The van der Waals surface area contributed by atoms with E-state index in [1.54, 1.807) is 30.3 Å². The minimum Gasteiger partial charge on any atom is -0.452 e. The van der Waals surface area contributed by atoms with Gasteiger partial charge in [-0.2, -0.15) is 0 Å². The standard InChI is InChI=1S/C16H18ClNO5S/c1-18(14-8-9-24(21,22)11-14)15(19)10-23-16(20)7-4-12-2-5-13(17)6-3-12/h2-7,14H,8-11H2,1H3/b7-4+/t14-/m0/s1. The third-order valence-electron chi connectivity index (χ3n) is 3.77. The average molecular weight is 372 g/mol. The number of ether oxygens (including phenoxy) is 1. The van der Waals surface area contributed by atoms with Crippen molar-refractivity contribution >= 4 is 39.4 Å². The van der Waals surface area contributed by atoms with E-state index in [0.29, 0.717) is 11.4 Å². The van der Waals surface area contributed by atoms with Crippen LogP contribution >= 0.6 is 11.6 Å². The smallest absolute Gasteiger partial charge is 0.331 e. The number of nitrogens with zero attached hydrogens (tertiary/aromatic N) is 1. The minimum atomic E-state index is -3.07. The first-order valence-electron chi connectivity index (χ1n) is 7.33. The Morgan fingerprint density at radius 2 is 2.00 bits per heavy atom. The Hall–Kier alpha value is -1.86. The van der Waals surface area contributed by atoms with Crippen molar-refractivity contribution < 1.29 is 22.7 Å². The summed E-state index contributed by atoms with van der Waals surface area (Å²) in [4.78, 5) is 24.9. The quantitative estimate of drug-likeness (QED) is 0.579. The number of halogens is 1. The van der Waals surface area contributed by atoms with Crippen LogP contribution in [-0.4, -0.2) is 56.4 Å². The van der Waals surface area contributed by atoms with Crippen molar-refractivity contribution in [2.45, 2.75) is 12.5 Å². The Labute approximate surface area is 146 Å². The minimum absolute atomic E-state index is 0.0420. The molecule has 0 spiro atoms. The van der Waals surface area contributed by atoms with E-state index < -0.39 is 28.3 Å². The van der Waals surface area contributed by atoms with Gasteiger partial charge in [0.1, 0.15) is 0 Å². The molecule has 0 unspecified atom stereocenters. The van der Waals surface area contributed by atoms with Crippen LogP contribution in [0.25, 0.3) is 6.08 Å². The Bertz CT molecular complexity index is 742. The van der Waals surface area contributed by atoms with Crippen molar-refractivity contribution in [3.05, 3.63) is 40.9 Å². The first-order chi connectivity index (χ1) is 11.3. The molecule has 1 heterocycles. The van der Waals surface area contributed by atoms with Gasteiger partial charge in [0.2, 0.25) is 0 Å². The second kappa shape index (κ2) is 7.81. The SMILES string of the molecule is CN(C(=O)COC(=O)/C=C/c1ccc(Cl)cc1)[C@H]1CCS(=O)(=O)C1. The van der Waals surface area contributed by atoms with E-state index >= 15 is 0 Å². The molecule has 1 atom stereocenters. The maximum Gasteiger partial charge on any atom is 0.331 e. The molecule has 1 amide bonds. The number of carbonyl (C=O) groups excluding carboxylic acids is 2. The van der Waals surface area contributed by atoms with Crippen LogP contribution in [0.3, 0.4) is 0 Å². The monoisotopic (exact) mass is 371 g/mol. The lowest BCUT2D eigenvalue weighted by molar-refractivity contribution is -0.148. The molecule has 1 aromatic carbocycles. The molecule has 0 radical (unpaired) electrons. The summed E-state index contributed by atoms with van der Waals surface area (Å²) in [5.74, 6) is -1.03. The van der Waals surface area contributed by atoms with Crippen LogP contribution in [0.2, 0.25) is 5.02 Å². The highest BCUT2D eigenvalue weighted by atomic mass is 35.5. The molecule has 8 heteroatoms. The van der Waals surface area contributed by atoms with Crippen molar-refractivity contribution in [3.63, 3.8) is 0 Å². The van der Waals surface area contributed by atoms with Gasteiger partial charge in [-0.25, -0.2) is 13.2 Å². The van der Waals surface area contributed by atoms with Crippen molar-refractivity contribution in [2.75, 3.05) is 25.2 Å². The van der Waals surface area contributed by atoms with Crippen molar-refractivity contribution in [1.29, 1.82) is 0 Å². The Morgan fingerprint density at radius 1 is 1.33 bits per heavy atom. The van der Waals surface area contributed by atoms with E-state index in [4.69, 9.17) is 16.3 Å². The molecule has 0 saturated carbocycles. The molecule has 130 valence electrons. The number of amides is 1. The third kappa shape index (κ3) is 5.35. The first-order valence-corrected chi connectivity index (χ1v) is 9.53. The van der Waals surface area contributed by atoms with Gasteiger partial charge in [0.15, 0.2) is 16.4 Å². The van der Waals surface area contributed by atoms with Crippen LogP contribution < -0.4 is 0 Å². The number of hydrogen-bond acceptors (Lipinski definition) is 5. The van der Waals surface area contributed by atoms with Crippen LogP contribution in [0.1, 0.15) is 12.0 Å². The summed E-state index contributed by atoms with van der Waals surface area (Å²) in [7, 11) is -1.55. The van der Waals surface area contributed by atoms with Gasteiger partial charge in [0.05, 0.1) is 11.5 Å². The molecule has 0 aliphatic carbocycles. The summed E-state index contributed by atoms with van der Waals surface area (Å²) < 4.78 is 27.8. The van der Waals surface area contributed by atoms with Crippen LogP contribution in [0.5, 0.6) is 0 Å². The normalized spacial score (nSPS) is 19.3. The van der Waals surface area contributed by atoms with Crippen LogP contribution in [-0.2, 0) is 24.2 Å². The number of sulfone groups is 1. The molecule has 1 aliphatic rings. The fraction of sp³-hybridized carbons (Fsp3) is 0.375. The van der Waals surface area contributed by atoms with Gasteiger partial charge < -0.3 is 9.64 Å². The van der Waals surface area contributed by atoms with Crippen molar-refractivity contribution in [1.82, 2.24) is 4.90 Å². The predicted molar refractivity (Wildman–Crippen MR) is 91.3 cm³/mol. The Kier molecular flexibility index (Phi) is 6.01. The number of esters is 1. The molecule has 0 aromatic heterocycles. The van der Waals surface area contributed by atoms with Crippen LogP contribution in [0.4, 0.5) is 0 Å². The highest BCUT2D eigenvalue weighted by molar-refractivity contribution is 7.91. The summed E-state index contributed by atoms with van der Waals surface area (Å²) in [6, 6.07) is 6.52. The van der Waals surface area contributed by atoms with E-state index in [1.165, 1.54) is 18.0 Å². The van der Waals surface area contributed by atoms with Gasteiger partial charge in [-0.3, -0.25) is 4.79 Å². The van der Waals surface area contributed by atoms with Crippen molar-refractivity contribution in [2.24, 2.45) is 0 Å². The molecule has 1 saturated heterocycles. The number of rotatable bonds is 5. The maximum absolute atomic E-state index is 12.0. The fourth-order valence-corrected chi connectivity index (χ4v) is 4.21. The van der Waals surface area contributed by atoms with E-state index in [9.17, 15) is 18.0 Å². The number of carbonyl (C=O) groups is 2. The number of likely N-dealkylation sites (N-methyl/N-ethyl adjacent to an activating group) is 1. The summed E-state index contributed by atoms with van der Waals surface area (Å²) in [6.07, 6.45) is 3.18. The predicted octanol–water partition coefficient (Wildman–Crippen LogP) is 1.54. The fourth-order valence-electron chi connectivity index (χ4n) is 2.31. The maximum atomic E-state index is 12.0. The van der Waals surface area contributed by atoms with Gasteiger partial charge in [-0.05, 0) is 30.2 Å². The van der Waals surface area contributed by atoms with E-state index in [-0.39, 0.29) is 17.5 Å². The Morgan fingerprint density at radius 3 is 2.58 bits per heavy atom. The Balaban J connectivity index is 1.80. The zero-order valence-corrected chi connectivity index (χ0v) is 14.7. The van der Waals surface area contributed by atoms with E-state index in [2.05, 4.69) is 0 Å². The van der Waals surface area contributed by atoms with Crippen LogP contribution in [0, 0.1) is 0 Å². The van der Waals surface area contributed by atoms with Crippen LogP contribution in [0.15, 0.2) is 30.3 Å². The molecular formula is C16H18ClNO5S. The molecule has 6 nitrogen and oxygen atoms in total. The highest BCUT2D eigenvalue weighted by Gasteiger charge is 2.32. The topological polar surface area (TPSA) is 80.8 Å². The molecular weight excluding hydrogens is 354 g/mol. The molecule has 1 fully saturated rings. The second-order valence-corrected chi connectivity index (χ2v) is 8.22. The molecule has 1 aliphatic heterocycles. The van der Waals surface area contributed by atoms with E-state index in [1.807, 2.05) is 0 Å². The lowest BCUT2D eigenvalue weighted by Gasteiger charge is -2.22. The molecule has 2 rings (SSSR count). The molecule has 24 heavy (non-hydrogen) atoms. The average Bonchev–Trinajstić information content (AvgIpc) is 2.91. The number of hydrogen-bond donors (Lipinski definition) is 0. The summed E-state index contributed by atoms with van der Waals surface area (Å²) in [6.45, 7) is -0.420. The lowest BCUT2D eigenvalue weighted by atomic mass is 10.2. The summed E-state index contributed by atoms with van der Waals surface area (Å²) in [5.41, 5.74) is 0.774. The third-order valence-corrected chi connectivity index (χ3v) is 5.77. The first kappa shape index (κ1) is 18.5. The molecule has 0 N–H and O–H groups in total. The molecule has 1 aromatic rings. The van der Waals surface area contributed by atoms with E-state index in [0.717, 1.165) is 5.56 Å². The zero-order chi connectivity index (χ0) is 17.7. The zero-order valence-electron chi connectivity index (χ0n) is 13.1. The van der Waals surface area contributed by atoms with Crippen molar-refractivity contribution in [3.8, 4) is 0 Å². The summed E-state index contributed by atoms with van der Waals surface area (Å²) in [5, 5.41) is 0.595. The highest BCUT2D eigenvalue weighted by Crippen LogP contribution is 2.16. The number of benzene rings is 1. The van der Waals surface area contributed by atoms with Gasteiger partial charge in [-0.1, -0.05) is 23.7 Å².